The van der Waals surface area contributed by atoms with Crippen molar-refractivity contribution in [2.24, 2.45) is 0 Å². The van der Waals surface area contributed by atoms with Crippen LogP contribution >= 0.6 is 0 Å². The Morgan fingerprint density at radius 1 is 1.12 bits per heavy atom. The Morgan fingerprint density at radius 2 is 1.71 bits per heavy atom. The molecule has 0 bridgehead atoms. The number of carbonyl (C=O) groups is 1. The van der Waals surface area contributed by atoms with Crippen molar-refractivity contribution in [3.8, 4) is 0 Å². The molecule has 0 saturated heterocycles. The van der Waals surface area contributed by atoms with Crippen molar-refractivity contribution in [2.45, 2.75) is 70.8 Å². The maximum absolute atomic E-state index is 10.3. The standard InChI is InChI=1S/C14H26O3/c1-2-3-4-5-6-7-8-10-13(15)11-9-12-14(16)17/h5-6,13,15H,2-4,7-12H2,1H3,(H,16,17)/b6-5-. The molecule has 0 spiro atoms. The van der Waals surface area contributed by atoms with Crippen LogP contribution in [0.1, 0.15) is 64.7 Å². The Kier molecular flexibility index (Phi) is 11.1. The first-order valence-electron chi connectivity index (χ1n) is 6.71. The average Bonchev–Trinajstić information content (AvgIpc) is 2.27. The van der Waals surface area contributed by atoms with Gasteiger partial charge in [0.05, 0.1) is 6.10 Å². The van der Waals surface area contributed by atoms with E-state index in [4.69, 9.17) is 5.11 Å². The van der Waals surface area contributed by atoms with Crippen LogP contribution in [0.3, 0.4) is 0 Å². The molecule has 2 N–H and O–H groups in total. The Labute approximate surface area is 105 Å². The summed E-state index contributed by atoms with van der Waals surface area (Å²) in [7, 11) is 0. The minimum atomic E-state index is -0.781. The van der Waals surface area contributed by atoms with Gasteiger partial charge in [-0.1, -0.05) is 31.9 Å². The molecule has 0 radical (unpaired) electrons. The molecule has 0 aromatic heterocycles. The third kappa shape index (κ3) is 13.1. The highest BCUT2D eigenvalue weighted by molar-refractivity contribution is 5.66. The van der Waals surface area contributed by atoms with E-state index in [0.29, 0.717) is 12.8 Å². The molecule has 0 fully saturated rings. The average molecular weight is 242 g/mol. The zero-order chi connectivity index (χ0) is 12.9. The predicted molar refractivity (Wildman–Crippen MR) is 70.0 cm³/mol. The molecule has 3 nitrogen and oxygen atoms in total. The normalized spacial score (nSPS) is 13.1. The number of allylic oxidation sites excluding steroid dienone is 2. The molecular weight excluding hydrogens is 216 g/mol. The number of carboxylic acid groups (broad SMARTS) is 1. The van der Waals surface area contributed by atoms with Crippen LogP contribution in [0.2, 0.25) is 0 Å². The Hall–Kier alpha value is -0.830. The molecule has 0 aliphatic carbocycles. The first-order chi connectivity index (χ1) is 8.16. The zero-order valence-electron chi connectivity index (χ0n) is 10.9. The van der Waals surface area contributed by atoms with E-state index < -0.39 is 5.97 Å². The van der Waals surface area contributed by atoms with Crippen LogP contribution in [-0.4, -0.2) is 22.3 Å². The number of rotatable bonds is 11. The van der Waals surface area contributed by atoms with E-state index in [9.17, 15) is 9.90 Å². The van der Waals surface area contributed by atoms with Crippen LogP contribution in [0, 0.1) is 0 Å². The summed E-state index contributed by atoms with van der Waals surface area (Å²) in [6.45, 7) is 2.18. The van der Waals surface area contributed by atoms with E-state index in [1.54, 1.807) is 0 Å². The minimum Gasteiger partial charge on any atom is -0.481 e. The Morgan fingerprint density at radius 3 is 2.29 bits per heavy atom. The Balaban J connectivity index is 3.29. The lowest BCUT2D eigenvalue weighted by Crippen LogP contribution is -2.07. The van der Waals surface area contributed by atoms with E-state index in [1.807, 2.05) is 0 Å². The summed E-state index contributed by atoms with van der Waals surface area (Å²) >= 11 is 0. The van der Waals surface area contributed by atoms with Crippen molar-refractivity contribution in [3.05, 3.63) is 12.2 Å². The van der Waals surface area contributed by atoms with Gasteiger partial charge in [0, 0.05) is 6.42 Å². The SMILES string of the molecule is CCCC/C=C\CCCC(O)CCCC(=O)O. The molecule has 17 heavy (non-hydrogen) atoms. The first-order valence-corrected chi connectivity index (χ1v) is 6.71. The van der Waals surface area contributed by atoms with Crippen molar-refractivity contribution in [1.29, 1.82) is 0 Å². The molecule has 0 saturated carbocycles. The first kappa shape index (κ1) is 16.2. The largest absolute Gasteiger partial charge is 0.481 e. The number of aliphatic hydroxyl groups is 1. The molecule has 0 aromatic carbocycles. The van der Waals surface area contributed by atoms with Crippen LogP contribution < -0.4 is 0 Å². The third-order valence-electron chi connectivity index (χ3n) is 2.73. The van der Waals surface area contributed by atoms with E-state index in [2.05, 4.69) is 19.1 Å². The molecule has 0 rings (SSSR count). The van der Waals surface area contributed by atoms with Gasteiger partial charge < -0.3 is 10.2 Å². The number of unbranched alkanes of at least 4 members (excludes halogenated alkanes) is 3. The molecule has 0 aromatic rings. The van der Waals surface area contributed by atoms with Crippen molar-refractivity contribution in [2.75, 3.05) is 0 Å². The number of hydrogen-bond acceptors (Lipinski definition) is 2. The van der Waals surface area contributed by atoms with Crippen molar-refractivity contribution in [3.63, 3.8) is 0 Å². The van der Waals surface area contributed by atoms with Gasteiger partial charge >= 0.3 is 5.97 Å². The van der Waals surface area contributed by atoms with Gasteiger partial charge in [0.1, 0.15) is 0 Å². The van der Waals surface area contributed by atoms with E-state index in [-0.39, 0.29) is 12.5 Å². The van der Waals surface area contributed by atoms with Crippen LogP contribution in [0.4, 0.5) is 0 Å². The van der Waals surface area contributed by atoms with Crippen LogP contribution in [-0.2, 0) is 4.79 Å². The van der Waals surface area contributed by atoms with E-state index in [1.165, 1.54) is 12.8 Å². The zero-order valence-corrected chi connectivity index (χ0v) is 10.9. The summed E-state index contributed by atoms with van der Waals surface area (Å²) in [4.78, 5) is 10.3. The molecular formula is C14H26O3. The molecule has 0 aliphatic rings. The van der Waals surface area contributed by atoms with Gasteiger partial charge in [0.2, 0.25) is 0 Å². The summed E-state index contributed by atoms with van der Waals surface area (Å²) in [6.07, 6.45) is 11.8. The van der Waals surface area contributed by atoms with E-state index in [0.717, 1.165) is 25.7 Å². The van der Waals surface area contributed by atoms with Gasteiger partial charge in [-0.05, 0) is 38.5 Å². The highest BCUT2D eigenvalue weighted by atomic mass is 16.4. The summed E-state index contributed by atoms with van der Waals surface area (Å²) in [6, 6.07) is 0. The summed E-state index contributed by atoms with van der Waals surface area (Å²) < 4.78 is 0. The molecule has 0 aliphatic heterocycles. The van der Waals surface area contributed by atoms with Gasteiger partial charge in [0.15, 0.2) is 0 Å². The van der Waals surface area contributed by atoms with Crippen molar-refractivity contribution in [1.82, 2.24) is 0 Å². The highest BCUT2D eigenvalue weighted by Crippen LogP contribution is 2.09. The molecule has 0 heterocycles. The summed E-state index contributed by atoms with van der Waals surface area (Å²) in [5, 5.41) is 18.0. The van der Waals surface area contributed by atoms with E-state index >= 15 is 0 Å². The third-order valence-corrected chi connectivity index (χ3v) is 2.73. The lowest BCUT2D eigenvalue weighted by atomic mass is 10.1. The van der Waals surface area contributed by atoms with Crippen LogP contribution in [0.15, 0.2) is 12.2 Å². The quantitative estimate of drug-likeness (QED) is 0.430. The Bertz CT molecular complexity index is 212. The molecule has 0 amide bonds. The monoisotopic (exact) mass is 242 g/mol. The maximum atomic E-state index is 10.3. The summed E-state index contributed by atoms with van der Waals surface area (Å²) in [5.41, 5.74) is 0. The molecule has 100 valence electrons. The molecule has 1 unspecified atom stereocenters. The summed E-state index contributed by atoms with van der Waals surface area (Å²) in [5.74, 6) is -0.781. The van der Waals surface area contributed by atoms with Crippen molar-refractivity contribution >= 4 is 5.97 Å². The van der Waals surface area contributed by atoms with Gasteiger partial charge in [-0.3, -0.25) is 4.79 Å². The fraction of sp³-hybridized carbons (Fsp3) is 0.786. The van der Waals surface area contributed by atoms with Gasteiger partial charge in [-0.15, -0.1) is 0 Å². The van der Waals surface area contributed by atoms with Gasteiger partial charge in [-0.2, -0.15) is 0 Å². The second-order valence-electron chi connectivity index (χ2n) is 4.48. The van der Waals surface area contributed by atoms with Crippen LogP contribution in [0.5, 0.6) is 0 Å². The smallest absolute Gasteiger partial charge is 0.303 e. The number of aliphatic carboxylic acids is 1. The maximum Gasteiger partial charge on any atom is 0.303 e. The lowest BCUT2D eigenvalue weighted by molar-refractivity contribution is -0.137. The topological polar surface area (TPSA) is 57.5 Å². The number of hydrogen-bond donors (Lipinski definition) is 2. The fourth-order valence-electron chi connectivity index (χ4n) is 1.66. The minimum absolute atomic E-state index is 0.161. The predicted octanol–water partition coefficient (Wildman–Crippen LogP) is 3.52. The number of carboxylic acids is 1. The fourth-order valence-corrected chi connectivity index (χ4v) is 1.66. The number of aliphatic hydroxyl groups excluding tert-OH is 1. The molecule has 1 atom stereocenters. The van der Waals surface area contributed by atoms with Gasteiger partial charge in [-0.25, -0.2) is 0 Å². The molecule has 3 heteroatoms. The van der Waals surface area contributed by atoms with Crippen molar-refractivity contribution < 1.29 is 15.0 Å². The highest BCUT2D eigenvalue weighted by Gasteiger charge is 2.04. The van der Waals surface area contributed by atoms with Crippen LogP contribution in [0.25, 0.3) is 0 Å². The second kappa shape index (κ2) is 11.6. The lowest BCUT2D eigenvalue weighted by Gasteiger charge is -2.08. The van der Waals surface area contributed by atoms with Gasteiger partial charge in [0.25, 0.3) is 0 Å². The second-order valence-corrected chi connectivity index (χ2v) is 4.48.